The van der Waals surface area contributed by atoms with Crippen molar-refractivity contribution in [1.29, 1.82) is 0 Å². The van der Waals surface area contributed by atoms with Gasteiger partial charge in [0.05, 0.1) is 25.2 Å². The van der Waals surface area contributed by atoms with Crippen LogP contribution in [-0.4, -0.2) is 121 Å². The lowest BCUT2D eigenvalue weighted by atomic mass is 9.78. The molecule has 0 aromatic heterocycles. The first-order valence-electron chi connectivity index (χ1n) is 12.3. The monoisotopic (exact) mass is 475 g/mol. The Kier molecular flexibility index (Phi) is 6.74. The van der Waals surface area contributed by atoms with Crippen LogP contribution in [0.3, 0.4) is 0 Å². The number of rotatable bonds is 7. The number of aliphatic hydroxyl groups is 1. The van der Waals surface area contributed by atoms with Gasteiger partial charge in [-0.25, -0.2) is 0 Å². The smallest absolute Gasteiger partial charge is 0.313 e. The van der Waals surface area contributed by atoms with Crippen LogP contribution >= 0.6 is 0 Å². The Hall–Kier alpha value is -2.27. The Balaban J connectivity index is 1.44. The molecule has 10 nitrogen and oxygen atoms in total. The first-order valence-corrected chi connectivity index (χ1v) is 12.3. The van der Waals surface area contributed by atoms with Crippen molar-refractivity contribution in [2.45, 2.75) is 30.6 Å². The molecule has 0 aromatic rings. The zero-order valence-electron chi connectivity index (χ0n) is 19.3. The van der Waals surface area contributed by atoms with Crippen LogP contribution in [0.25, 0.3) is 0 Å². The van der Waals surface area contributed by atoms with E-state index in [-0.39, 0.29) is 25.0 Å². The summed E-state index contributed by atoms with van der Waals surface area (Å²) in [4.78, 5) is 46.2. The van der Waals surface area contributed by atoms with E-state index in [0.717, 1.165) is 19.6 Å². The van der Waals surface area contributed by atoms with Gasteiger partial charge in [0, 0.05) is 45.9 Å². The fourth-order valence-corrected chi connectivity index (χ4v) is 5.94. The molecular weight excluding hydrogens is 442 g/mol. The van der Waals surface area contributed by atoms with E-state index >= 15 is 0 Å². The summed E-state index contributed by atoms with van der Waals surface area (Å²) in [7, 11) is 0. The van der Waals surface area contributed by atoms with E-state index in [2.05, 4.69) is 4.90 Å². The first kappa shape index (κ1) is 23.5. The molecule has 5 rings (SSSR count). The third-order valence-corrected chi connectivity index (χ3v) is 7.59. The van der Waals surface area contributed by atoms with Crippen molar-refractivity contribution in [3.63, 3.8) is 0 Å². The molecule has 0 aliphatic carbocycles. The highest BCUT2D eigenvalue weighted by Gasteiger charge is 2.71. The SMILES string of the molecule is O=C1OCC=C[C@@H]2O[C@]34C=CCN(CCN5CCOCC5)C(=O)C3N(CCCCO)C(=O)[C@@H]4[C@H]12. The second kappa shape index (κ2) is 9.77. The number of fused-ring (bicyclic) bond motifs is 2. The number of amides is 2. The predicted molar refractivity (Wildman–Crippen MR) is 119 cm³/mol. The van der Waals surface area contributed by atoms with Gasteiger partial charge < -0.3 is 29.1 Å². The summed E-state index contributed by atoms with van der Waals surface area (Å²) in [6, 6.07) is -0.847. The fraction of sp³-hybridized carbons (Fsp3) is 0.708. The highest BCUT2D eigenvalue weighted by molar-refractivity contribution is 5.99. The summed E-state index contributed by atoms with van der Waals surface area (Å²) in [5, 5.41) is 9.25. The molecule has 0 aromatic carbocycles. The molecule has 5 aliphatic rings. The summed E-state index contributed by atoms with van der Waals surface area (Å²) in [6.45, 7) is 5.22. The van der Waals surface area contributed by atoms with Gasteiger partial charge in [-0.15, -0.1) is 0 Å². The van der Waals surface area contributed by atoms with Gasteiger partial charge in [0.2, 0.25) is 11.8 Å². The lowest BCUT2D eigenvalue weighted by Gasteiger charge is -2.36. The first-order chi connectivity index (χ1) is 16.6. The quantitative estimate of drug-likeness (QED) is 0.289. The van der Waals surface area contributed by atoms with Gasteiger partial charge in [0.25, 0.3) is 0 Å². The number of likely N-dealkylation sites (tertiary alicyclic amines) is 1. The summed E-state index contributed by atoms with van der Waals surface area (Å²) < 4.78 is 17.2. The van der Waals surface area contributed by atoms with Crippen LogP contribution in [-0.2, 0) is 28.6 Å². The molecular formula is C24H33N3O7. The van der Waals surface area contributed by atoms with Gasteiger partial charge in [-0.2, -0.15) is 0 Å². The standard InChI is InChI=1S/C24H33N3O7/c28-13-2-1-8-27-20-22(30)26(10-9-25-11-15-32-16-12-25)7-4-6-24(20)19(21(27)29)18-17(34-24)5-3-14-33-23(18)31/h3-6,17-20,28H,1-2,7-16H2/t17-,18+,19-,20?,24-/m0/s1. The number of aliphatic hydroxyl groups excluding tert-OH is 1. The third kappa shape index (κ3) is 3.96. The molecule has 1 unspecified atom stereocenters. The minimum absolute atomic E-state index is 0.0130. The van der Waals surface area contributed by atoms with Crippen molar-refractivity contribution in [3.05, 3.63) is 24.3 Å². The number of unbranched alkanes of at least 4 members (excludes halogenated alkanes) is 1. The van der Waals surface area contributed by atoms with Gasteiger partial charge in [0.1, 0.15) is 24.2 Å². The molecule has 0 bridgehead atoms. The molecule has 10 heteroatoms. The van der Waals surface area contributed by atoms with Crippen LogP contribution in [0.15, 0.2) is 24.3 Å². The molecule has 5 aliphatic heterocycles. The maximum Gasteiger partial charge on any atom is 0.313 e. The van der Waals surface area contributed by atoms with Crippen LogP contribution in [0, 0.1) is 11.8 Å². The average Bonchev–Trinajstić information content (AvgIpc) is 3.14. The van der Waals surface area contributed by atoms with E-state index in [4.69, 9.17) is 14.2 Å². The summed E-state index contributed by atoms with van der Waals surface area (Å²) in [5.74, 6) is -2.47. The highest BCUT2D eigenvalue weighted by atomic mass is 16.6. The molecule has 0 saturated carbocycles. The van der Waals surface area contributed by atoms with Gasteiger partial charge in [0.15, 0.2) is 0 Å². The molecule has 3 fully saturated rings. The van der Waals surface area contributed by atoms with Crippen molar-refractivity contribution in [1.82, 2.24) is 14.7 Å². The van der Waals surface area contributed by atoms with Crippen LogP contribution in [0.1, 0.15) is 12.8 Å². The average molecular weight is 476 g/mol. The largest absolute Gasteiger partial charge is 0.461 e. The number of hydrogen-bond donors (Lipinski definition) is 1. The van der Waals surface area contributed by atoms with E-state index in [1.807, 2.05) is 12.2 Å². The number of carbonyl (C=O) groups is 3. The number of cyclic esters (lactones) is 1. The zero-order valence-corrected chi connectivity index (χ0v) is 19.3. The van der Waals surface area contributed by atoms with Crippen molar-refractivity contribution in [2.75, 3.05) is 65.7 Å². The Morgan fingerprint density at radius 2 is 1.85 bits per heavy atom. The van der Waals surface area contributed by atoms with Gasteiger partial charge >= 0.3 is 5.97 Å². The second-order valence-corrected chi connectivity index (χ2v) is 9.50. The normalized spacial score (nSPS) is 35.6. The zero-order chi connectivity index (χ0) is 23.7. The number of carbonyl (C=O) groups excluding carboxylic acids is 3. The van der Waals surface area contributed by atoms with E-state index in [9.17, 15) is 19.5 Å². The van der Waals surface area contributed by atoms with E-state index in [1.54, 1.807) is 22.0 Å². The molecule has 2 amide bonds. The minimum Gasteiger partial charge on any atom is -0.461 e. The molecule has 1 spiro atoms. The van der Waals surface area contributed by atoms with Gasteiger partial charge in [-0.05, 0) is 18.9 Å². The van der Waals surface area contributed by atoms with Crippen LogP contribution in [0.5, 0.6) is 0 Å². The molecule has 34 heavy (non-hydrogen) atoms. The summed E-state index contributed by atoms with van der Waals surface area (Å²) >= 11 is 0. The second-order valence-electron chi connectivity index (χ2n) is 9.50. The number of esters is 1. The lowest BCUT2D eigenvalue weighted by Crippen LogP contribution is -2.56. The summed E-state index contributed by atoms with van der Waals surface area (Å²) in [6.07, 6.45) is 7.73. The Morgan fingerprint density at radius 3 is 2.65 bits per heavy atom. The van der Waals surface area contributed by atoms with Crippen molar-refractivity contribution in [2.24, 2.45) is 11.8 Å². The highest BCUT2D eigenvalue weighted by Crippen LogP contribution is 2.53. The maximum atomic E-state index is 14.0. The van der Waals surface area contributed by atoms with Crippen molar-refractivity contribution >= 4 is 17.8 Å². The van der Waals surface area contributed by atoms with Crippen molar-refractivity contribution < 1.29 is 33.7 Å². The van der Waals surface area contributed by atoms with E-state index in [0.29, 0.717) is 45.7 Å². The van der Waals surface area contributed by atoms with Gasteiger partial charge in [-0.3, -0.25) is 19.3 Å². The number of ether oxygens (including phenoxy) is 3. The molecule has 5 heterocycles. The minimum atomic E-state index is -1.21. The van der Waals surface area contributed by atoms with Crippen molar-refractivity contribution in [3.8, 4) is 0 Å². The summed E-state index contributed by atoms with van der Waals surface area (Å²) in [5.41, 5.74) is -1.21. The molecule has 3 saturated heterocycles. The van der Waals surface area contributed by atoms with Crippen LogP contribution in [0.2, 0.25) is 0 Å². The van der Waals surface area contributed by atoms with Crippen LogP contribution < -0.4 is 0 Å². The molecule has 186 valence electrons. The number of nitrogens with zero attached hydrogens (tertiary/aromatic N) is 3. The molecule has 1 N–H and O–H groups in total. The Bertz CT molecular complexity index is 871. The Morgan fingerprint density at radius 1 is 1.03 bits per heavy atom. The fourth-order valence-electron chi connectivity index (χ4n) is 5.94. The molecule has 5 atom stereocenters. The maximum absolute atomic E-state index is 14.0. The van der Waals surface area contributed by atoms with E-state index < -0.39 is 35.6 Å². The molecule has 0 radical (unpaired) electrons. The number of morpholine rings is 1. The lowest BCUT2D eigenvalue weighted by molar-refractivity contribution is -0.153. The predicted octanol–water partition coefficient (Wildman–Crippen LogP) is -0.817. The van der Waals surface area contributed by atoms with E-state index in [1.165, 1.54) is 0 Å². The van der Waals surface area contributed by atoms with Crippen LogP contribution in [0.4, 0.5) is 0 Å². The number of hydrogen-bond acceptors (Lipinski definition) is 8. The van der Waals surface area contributed by atoms with Gasteiger partial charge in [-0.1, -0.05) is 18.2 Å². The third-order valence-electron chi connectivity index (χ3n) is 7.59. The topological polar surface area (TPSA) is 109 Å². The Labute approximate surface area is 199 Å².